The molecule has 1 unspecified atom stereocenters. The van der Waals surface area contributed by atoms with Crippen molar-refractivity contribution in [3.05, 3.63) is 23.8 Å². The van der Waals surface area contributed by atoms with Crippen LogP contribution >= 0.6 is 0 Å². The molecule has 0 fully saturated rings. The fraction of sp³-hybridized carbons (Fsp3) is 0.500. The molecule has 0 saturated carbocycles. The Labute approximate surface area is 113 Å². The summed E-state index contributed by atoms with van der Waals surface area (Å²) in [6.45, 7) is 3.00. The topological polar surface area (TPSA) is 67.8 Å². The lowest BCUT2D eigenvalue weighted by Gasteiger charge is -2.12. The fourth-order valence-electron chi connectivity index (χ4n) is 1.66. The van der Waals surface area contributed by atoms with Crippen LogP contribution in [0.15, 0.2) is 18.2 Å². The summed E-state index contributed by atoms with van der Waals surface area (Å²) < 4.78 is 10.4. The van der Waals surface area contributed by atoms with Gasteiger partial charge in [0.05, 0.1) is 20.1 Å². The second-order valence-corrected chi connectivity index (χ2v) is 4.38. The van der Waals surface area contributed by atoms with Crippen molar-refractivity contribution in [3.8, 4) is 11.5 Å². The van der Waals surface area contributed by atoms with Gasteiger partial charge in [-0.2, -0.15) is 0 Å². The van der Waals surface area contributed by atoms with Crippen molar-refractivity contribution in [1.29, 1.82) is 0 Å². The van der Waals surface area contributed by atoms with Gasteiger partial charge in [0.1, 0.15) is 11.5 Å². The van der Waals surface area contributed by atoms with E-state index < -0.39 is 5.97 Å². The first-order valence-corrected chi connectivity index (χ1v) is 6.23. The zero-order valence-corrected chi connectivity index (χ0v) is 11.6. The first kappa shape index (κ1) is 15.3. The van der Waals surface area contributed by atoms with Crippen LogP contribution in [0.4, 0.5) is 0 Å². The number of benzene rings is 1. The maximum atomic E-state index is 10.7. The monoisotopic (exact) mass is 267 g/mol. The van der Waals surface area contributed by atoms with Crippen molar-refractivity contribution in [3.63, 3.8) is 0 Å². The lowest BCUT2D eigenvalue weighted by molar-refractivity contribution is -0.141. The van der Waals surface area contributed by atoms with Crippen LogP contribution in [-0.2, 0) is 11.3 Å². The van der Waals surface area contributed by atoms with E-state index in [1.165, 1.54) is 0 Å². The minimum Gasteiger partial charge on any atom is -0.497 e. The molecular weight excluding hydrogens is 246 g/mol. The van der Waals surface area contributed by atoms with Crippen molar-refractivity contribution in [1.82, 2.24) is 5.32 Å². The Morgan fingerprint density at radius 1 is 1.37 bits per heavy atom. The van der Waals surface area contributed by atoms with Crippen LogP contribution in [0.5, 0.6) is 11.5 Å². The number of nitrogens with one attached hydrogen (secondary N) is 1. The van der Waals surface area contributed by atoms with Gasteiger partial charge in [-0.25, -0.2) is 0 Å². The normalized spacial score (nSPS) is 11.9. The Balaban J connectivity index is 2.47. The van der Waals surface area contributed by atoms with E-state index in [1.807, 2.05) is 18.2 Å². The van der Waals surface area contributed by atoms with E-state index in [2.05, 4.69) is 5.32 Å². The molecule has 0 aliphatic rings. The fourth-order valence-corrected chi connectivity index (χ4v) is 1.66. The third-order valence-corrected chi connectivity index (χ3v) is 2.99. The molecule has 1 aromatic carbocycles. The number of hydrogen-bond acceptors (Lipinski definition) is 4. The number of carboxylic acids is 1. The third-order valence-electron chi connectivity index (χ3n) is 2.99. The highest BCUT2D eigenvalue weighted by Gasteiger charge is 2.10. The number of ether oxygens (including phenoxy) is 2. The molecule has 0 aliphatic carbocycles. The Morgan fingerprint density at radius 3 is 2.68 bits per heavy atom. The number of aliphatic carboxylic acids is 1. The molecule has 0 amide bonds. The quantitative estimate of drug-likeness (QED) is 0.704. The maximum absolute atomic E-state index is 10.7. The highest BCUT2D eigenvalue weighted by atomic mass is 16.5. The summed E-state index contributed by atoms with van der Waals surface area (Å²) >= 11 is 0. The molecule has 0 heterocycles. The standard InChI is InChI=1S/C14H21NO4/c1-10(14(16)17)6-7-15-9-11-4-5-12(18-2)8-13(11)19-3/h4-5,8,10,15H,6-7,9H2,1-3H3,(H,16,17). The number of rotatable bonds is 8. The van der Waals surface area contributed by atoms with E-state index >= 15 is 0 Å². The molecule has 106 valence electrons. The summed E-state index contributed by atoms with van der Waals surface area (Å²) in [6, 6.07) is 5.64. The Bertz CT molecular complexity index is 420. The highest BCUT2D eigenvalue weighted by Crippen LogP contribution is 2.24. The Morgan fingerprint density at radius 2 is 2.11 bits per heavy atom. The first-order valence-electron chi connectivity index (χ1n) is 6.23. The van der Waals surface area contributed by atoms with Gasteiger partial charge in [0.2, 0.25) is 0 Å². The molecule has 0 radical (unpaired) electrons. The second kappa shape index (κ2) is 7.63. The molecule has 0 aromatic heterocycles. The molecule has 2 N–H and O–H groups in total. The van der Waals surface area contributed by atoms with Gasteiger partial charge in [-0.3, -0.25) is 4.79 Å². The SMILES string of the molecule is COc1ccc(CNCCC(C)C(=O)O)c(OC)c1. The molecule has 1 aromatic rings. The van der Waals surface area contributed by atoms with Gasteiger partial charge in [0, 0.05) is 18.2 Å². The van der Waals surface area contributed by atoms with Crippen LogP contribution in [0.25, 0.3) is 0 Å². The van der Waals surface area contributed by atoms with Crippen LogP contribution in [0.3, 0.4) is 0 Å². The predicted molar refractivity (Wildman–Crippen MR) is 72.7 cm³/mol. The van der Waals surface area contributed by atoms with Gasteiger partial charge in [-0.05, 0) is 19.0 Å². The van der Waals surface area contributed by atoms with E-state index in [-0.39, 0.29) is 5.92 Å². The van der Waals surface area contributed by atoms with Crippen LogP contribution in [0, 0.1) is 5.92 Å². The Hall–Kier alpha value is -1.75. The number of carbonyl (C=O) groups is 1. The van der Waals surface area contributed by atoms with E-state index in [0.717, 1.165) is 17.1 Å². The zero-order valence-electron chi connectivity index (χ0n) is 11.6. The van der Waals surface area contributed by atoms with Crippen LogP contribution in [0.1, 0.15) is 18.9 Å². The molecule has 0 spiro atoms. The van der Waals surface area contributed by atoms with Crippen molar-refractivity contribution >= 4 is 5.97 Å². The van der Waals surface area contributed by atoms with Gasteiger partial charge in [0.15, 0.2) is 0 Å². The molecular formula is C14H21NO4. The van der Waals surface area contributed by atoms with E-state index in [9.17, 15) is 4.79 Å². The first-order chi connectivity index (χ1) is 9.08. The third kappa shape index (κ3) is 4.79. The minimum atomic E-state index is -0.760. The summed E-state index contributed by atoms with van der Waals surface area (Å²) in [5.41, 5.74) is 1.02. The summed E-state index contributed by atoms with van der Waals surface area (Å²) in [4.78, 5) is 10.7. The van der Waals surface area contributed by atoms with Gasteiger partial charge < -0.3 is 19.9 Å². The number of carboxylic acid groups (broad SMARTS) is 1. The van der Waals surface area contributed by atoms with Crippen LogP contribution in [-0.4, -0.2) is 31.8 Å². The Kier molecular flexibility index (Phi) is 6.15. The zero-order chi connectivity index (χ0) is 14.3. The van der Waals surface area contributed by atoms with Gasteiger partial charge in [-0.15, -0.1) is 0 Å². The summed E-state index contributed by atoms with van der Waals surface area (Å²) in [6.07, 6.45) is 0.605. The van der Waals surface area contributed by atoms with Crippen LogP contribution < -0.4 is 14.8 Å². The van der Waals surface area contributed by atoms with Crippen LogP contribution in [0.2, 0.25) is 0 Å². The average Bonchev–Trinajstić information content (AvgIpc) is 2.43. The van der Waals surface area contributed by atoms with E-state index in [0.29, 0.717) is 19.5 Å². The minimum absolute atomic E-state index is 0.328. The van der Waals surface area contributed by atoms with Crippen molar-refractivity contribution in [2.75, 3.05) is 20.8 Å². The highest BCUT2D eigenvalue weighted by molar-refractivity contribution is 5.69. The molecule has 0 aliphatic heterocycles. The second-order valence-electron chi connectivity index (χ2n) is 4.38. The molecule has 5 heteroatoms. The van der Waals surface area contributed by atoms with Crippen molar-refractivity contribution in [2.45, 2.75) is 19.9 Å². The van der Waals surface area contributed by atoms with E-state index in [1.54, 1.807) is 21.1 Å². The largest absolute Gasteiger partial charge is 0.497 e. The molecule has 5 nitrogen and oxygen atoms in total. The molecule has 1 rings (SSSR count). The lowest BCUT2D eigenvalue weighted by Crippen LogP contribution is -2.20. The molecule has 0 saturated heterocycles. The van der Waals surface area contributed by atoms with Crippen molar-refractivity contribution < 1.29 is 19.4 Å². The number of methoxy groups -OCH3 is 2. The smallest absolute Gasteiger partial charge is 0.306 e. The van der Waals surface area contributed by atoms with E-state index in [4.69, 9.17) is 14.6 Å². The lowest BCUT2D eigenvalue weighted by atomic mass is 10.1. The number of hydrogen-bond donors (Lipinski definition) is 2. The van der Waals surface area contributed by atoms with Gasteiger partial charge in [0.25, 0.3) is 0 Å². The average molecular weight is 267 g/mol. The molecule has 1 atom stereocenters. The van der Waals surface area contributed by atoms with Gasteiger partial charge >= 0.3 is 5.97 Å². The summed E-state index contributed by atoms with van der Waals surface area (Å²) in [5, 5.41) is 12.0. The summed E-state index contributed by atoms with van der Waals surface area (Å²) in [5.74, 6) is 0.423. The predicted octanol–water partition coefficient (Wildman–Crippen LogP) is 1.90. The molecule has 19 heavy (non-hydrogen) atoms. The van der Waals surface area contributed by atoms with Crippen molar-refractivity contribution in [2.24, 2.45) is 5.92 Å². The van der Waals surface area contributed by atoms with Gasteiger partial charge in [-0.1, -0.05) is 13.0 Å². The molecule has 0 bridgehead atoms. The maximum Gasteiger partial charge on any atom is 0.306 e. The summed E-state index contributed by atoms with van der Waals surface area (Å²) in [7, 11) is 3.23.